The molecule has 0 atom stereocenters. The molecule has 1 heterocycles. The smallest absolute Gasteiger partial charge is 0.336 e. The van der Waals surface area contributed by atoms with E-state index in [0.29, 0.717) is 21.1 Å². The van der Waals surface area contributed by atoms with Gasteiger partial charge in [0.2, 0.25) is 0 Å². The van der Waals surface area contributed by atoms with E-state index in [4.69, 9.17) is 4.42 Å². The summed E-state index contributed by atoms with van der Waals surface area (Å²) in [4.78, 5) is 11.4. The first-order valence-corrected chi connectivity index (χ1v) is 8.90. The fourth-order valence-electron chi connectivity index (χ4n) is 2.20. The Hall–Kier alpha value is -2.12. The molecule has 0 amide bonds. The Bertz CT molecular complexity index is 1040. The fourth-order valence-corrected chi connectivity index (χ4v) is 4.34. The number of benzene rings is 2. The fraction of sp³-hybridized carbons (Fsp3) is 0.0625. The summed E-state index contributed by atoms with van der Waals surface area (Å²) in [6, 6.07) is 14.4. The average Bonchev–Trinajstić information content (AvgIpc) is 2.54. The van der Waals surface area contributed by atoms with Gasteiger partial charge in [-0.3, -0.25) is 4.31 Å². The van der Waals surface area contributed by atoms with Crippen molar-refractivity contribution >= 4 is 42.6 Å². The van der Waals surface area contributed by atoms with Gasteiger partial charge in [0.15, 0.2) is 0 Å². The zero-order valence-corrected chi connectivity index (χ0v) is 14.5. The van der Waals surface area contributed by atoms with Crippen LogP contribution < -0.4 is 9.93 Å². The van der Waals surface area contributed by atoms with Gasteiger partial charge in [-0.25, -0.2) is 13.2 Å². The molecule has 0 unspecified atom stereocenters. The normalized spacial score (nSPS) is 11.6. The zero-order chi connectivity index (χ0) is 16.6. The molecular formula is C16H12BrNO4S. The Morgan fingerprint density at radius 1 is 1.04 bits per heavy atom. The number of sulfonamides is 1. The van der Waals surface area contributed by atoms with Crippen LogP contribution in [0.3, 0.4) is 0 Å². The summed E-state index contributed by atoms with van der Waals surface area (Å²) in [5.41, 5.74) is 0.439. The quantitative estimate of drug-likeness (QED) is 0.639. The molecule has 0 spiro atoms. The lowest BCUT2D eigenvalue weighted by atomic mass is 10.2. The zero-order valence-electron chi connectivity index (χ0n) is 12.1. The molecule has 0 aliphatic carbocycles. The second-order valence-corrected chi connectivity index (χ2v) is 7.67. The van der Waals surface area contributed by atoms with Crippen LogP contribution in [0.5, 0.6) is 0 Å². The van der Waals surface area contributed by atoms with Crippen LogP contribution in [-0.4, -0.2) is 15.5 Å². The minimum Gasteiger partial charge on any atom is -0.423 e. The lowest BCUT2D eigenvalue weighted by Crippen LogP contribution is -2.26. The van der Waals surface area contributed by atoms with Crippen LogP contribution in [0.2, 0.25) is 0 Å². The summed E-state index contributed by atoms with van der Waals surface area (Å²) in [7, 11) is -2.22. The van der Waals surface area contributed by atoms with Crippen LogP contribution in [0.25, 0.3) is 11.0 Å². The first kappa shape index (κ1) is 15.8. The number of hydrogen-bond donors (Lipinski definition) is 0. The molecule has 3 rings (SSSR count). The van der Waals surface area contributed by atoms with E-state index < -0.39 is 15.6 Å². The Labute approximate surface area is 141 Å². The molecule has 2 aromatic carbocycles. The van der Waals surface area contributed by atoms with Crippen LogP contribution in [0.1, 0.15) is 0 Å². The van der Waals surface area contributed by atoms with Gasteiger partial charge < -0.3 is 4.42 Å². The van der Waals surface area contributed by atoms with Crippen LogP contribution in [-0.2, 0) is 10.0 Å². The average molecular weight is 394 g/mol. The Balaban J connectivity index is 2.09. The molecule has 1 aromatic heterocycles. The van der Waals surface area contributed by atoms with E-state index in [-0.39, 0.29) is 4.90 Å². The lowest BCUT2D eigenvalue weighted by Gasteiger charge is -2.20. The highest BCUT2D eigenvalue weighted by Gasteiger charge is 2.23. The Morgan fingerprint density at radius 3 is 2.52 bits per heavy atom. The van der Waals surface area contributed by atoms with Crippen molar-refractivity contribution in [3.8, 4) is 0 Å². The Kier molecular flexibility index (Phi) is 3.99. The molecule has 0 aliphatic rings. The van der Waals surface area contributed by atoms with Gasteiger partial charge >= 0.3 is 5.63 Å². The summed E-state index contributed by atoms with van der Waals surface area (Å²) in [6.07, 6.45) is 0. The molecule has 0 fully saturated rings. The molecule has 0 N–H and O–H groups in total. The molecule has 0 aliphatic heterocycles. The molecule has 118 valence electrons. The Morgan fingerprint density at radius 2 is 1.78 bits per heavy atom. The molecule has 0 bridgehead atoms. The molecule has 3 aromatic rings. The number of nitrogens with zero attached hydrogens (tertiary/aromatic N) is 1. The maximum Gasteiger partial charge on any atom is 0.336 e. The monoisotopic (exact) mass is 393 g/mol. The van der Waals surface area contributed by atoms with Gasteiger partial charge in [0.1, 0.15) is 10.5 Å². The first-order valence-electron chi connectivity index (χ1n) is 6.67. The van der Waals surface area contributed by atoms with E-state index in [9.17, 15) is 13.2 Å². The van der Waals surface area contributed by atoms with Crippen molar-refractivity contribution in [1.29, 1.82) is 0 Å². The lowest BCUT2D eigenvalue weighted by molar-refractivity contribution is 0.561. The number of halogens is 1. The topological polar surface area (TPSA) is 67.6 Å². The molecule has 5 nitrogen and oxygen atoms in total. The maximum atomic E-state index is 12.8. The third-order valence-electron chi connectivity index (χ3n) is 3.44. The third-order valence-corrected chi connectivity index (χ3v) is 6.24. The van der Waals surface area contributed by atoms with Crippen molar-refractivity contribution in [2.75, 3.05) is 11.4 Å². The second-order valence-electron chi connectivity index (χ2n) is 4.88. The van der Waals surface area contributed by atoms with Gasteiger partial charge in [0, 0.05) is 23.0 Å². The molecule has 0 saturated heterocycles. The number of anilines is 1. The van der Waals surface area contributed by atoms with Crippen LogP contribution in [0.4, 0.5) is 5.69 Å². The molecule has 23 heavy (non-hydrogen) atoms. The van der Waals surface area contributed by atoms with Crippen molar-refractivity contribution in [2.24, 2.45) is 0 Å². The van der Waals surface area contributed by atoms with Crippen LogP contribution in [0.15, 0.2) is 73.2 Å². The summed E-state index contributed by atoms with van der Waals surface area (Å²) < 4.78 is 32.3. The van der Waals surface area contributed by atoms with E-state index in [1.165, 1.54) is 23.5 Å². The predicted octanol–water partition coefficient (Wildman–Crippen LogP) is 3.38. The van der Waals surface area contributed by atoms with E-state index in [2.05, 4.69) is 15.9 Å². The number of rotatable bonds is 3. The van der Waals surface area contributed by atoms with Crippen molar-refractivity contribution in [1.82, 2.24) is 0 Å². The van der Waals surface area contributed by atoms with E-state index in [1.54, 1.807) is 42.5 Å². The highest BCUT2D eigenvalue weighted by atomic mass is 79.9. The summed E-state index contributed by atoms with van der Waals surface area (Å²) in [6.45, 7) is 0. The minimum atomic E-state index is -3.71. The van der Waals surface area contributed by atoms with Crippen LogP contribution >= 0.6 is 15.9 Å². The van der Waals surface area contributed by atoms with E-state index in [0.717, 1.165) is 0 Å². The van der Waals surface area contributed by atoms with Gasteiger partial charge in [0.25, 0.3) is 10.0 Å². The number of hydrogen-bond acceptors (Lipinski definition) is 4. The van der Waals surface area contributed by atoms with Gasteiger partial charge in [0.05, 0.1) is 5.69 Å². The standard InChI is InChI=1S/C16H12BrNO4S/c1-18(23(20,21)15-5-3-2-4-13(15)17)12-7-8-14-11(10-12)6-9-16(19)22-14/h2-10H,1H3. The van der Waals surface area contributed by atoms with Crippen molar-refractivity contribution in [2.45, 2.75) is 4.90 Å². The highest BCUT2D eigenvalue weighted by molar-refractivity contribution is 9.10. The molecular weight excluding hydrogens is 382 g/mol. The van der Waals surface area contributed by atoms with Crippen molar-refractivity contribution in [3.05, 3.63) is 69.5 Å². The van der Waals surface area contributed by atoms with Gasteiger partial charge in [-0.05, 0) is 52.3 Å². The first-order chi connectivity index (χ1) is 10.9. The maximum absolute atomic E-state index is 12.8. The van der Waals surface area contributed by atoms with Gasteiger partial charge in [-0.1, -0.05) is 12.1 Å². The third kappa shape index (κ3) is 2.89. The minimum absolute atomic E-state index is 0.183. The predicted molar refractivity (Wildman–Crippen MR) is 92.2 cm³/mol. The largest absolute Gasteiger partial charge is 0.423 e. The molecule has 0 saturated carbocycles. The second kappa shape index (κ2) is 5.82. The van der Waals surface area contributed by atoms with E-state index in [1.807, 2.05) is 0 Å². The molecule has 7 heteroatoms. The van der Waals surface area contributed by atoms with Gasteiger partial charge in [-0.2, -0.15) is 0 Å². The van der Waals surface area contributed by atoms with Crippen molar-refractivity contribution in [3.63, 3.8) is 0 Å². The van der Waals surface area contributed by atoms with E-state index >= 15 is 0 Å². The summed E-state index contributed by atoms with van der Waals surface area (Å²) >= 11 is 3.27. The van der Waals surface area contributed by atoms with Crippen molar-refractivity contribution < 1.29 is 12.8 Å². The highest BCUT2D eigenvalue weighted by Crippen LogP contribution is 2.29. The summed E-state index contributed by atoms with van der Waals surface area (Å²) in [5.74, 6) is 0. The molecule has 0 radical (unpaired) electrons. The number of fused-ring (bicyclic) bond motifs is 1. The van der Waals surface area contributed by atoms with Gasteiger partial charge in [-0.15, -0.1) is 0 Å². The van der Waals surface area contributed by atoms with Crippen LogP contribution in [0, 0.1) is 0 Å². The SMILES string of the molecule is CN(c1ccc2oc(=O)ccc2c1)S(=O)(=O)c1ccccc1Br. The summed E-state index contributed by atoms with van der Waals surface area (Å²) in [5, 5.41) is 0.649.